The number of ether oxygens (including phenoxy) is 1. The quantitative estimate of drug-likeness (QED) is 0.500. The standard InChI is InChI=1S/C24H34N2O5S/c1-15(14-27)26-19-21(29)25(23(2,3)4)12-9-11-24(19)18(20(26)28)17-16(32-24)10-7-5-6-8-13-31-22(17)30/h7,9-11,15-19,27H,5-6,8,12-14H2,1-4H3/b10-7-/t15-,16-,17+,18+,19?,24+/m1/s1. The van der Waals surface area contributed by atoms with Crippen molar-refractivity contribution in [3.8, 4) is 0 Å². The second kappa shape index (κ2) is 8.52. The Labute approximate surface area is 194 Å². The second-order valence-electron chi connectivity index (χ2n) is 10.2. The number of fused-ring (bicyclic) bond motifs is 2. The Morgan fingerprint density at radius 1 is 1.22 bits per heavy atom. The molecule has 2 saturated heterocycles. The van der Waals surface area contributed by atoms with E-state index in [2.05, 4.69) is 6.08 Å². The summed E-state index contributed by atoms with van der Waals surface area (Å²) in [5.41, 5.74) is -0.429. The summed E-state index contributed by atoms with van der Waals surface area (Å²) >= 11 is 1.54. The average Bonchev–Trinajstić information content (AvgIpc) is 3.12. The number of thioether (sulfide) groups is 1. The van der Waals surface area contributed by atoms with E-state index in [1.165, 1.54) is 11.8 Å². The zero-order chi connectivity index (χ0) is 23.3. The van der Waals surface area contributed by atoms with Gasteiger partial charge in [-0.1, -0.05) is 24.3 Å². The molecule has 4 heterocycles. The Balaban J connectivity index is 1.85. The van der Waals surface area contributed by atoms with E-state index >= 15 is 0 Å². The third kappa shape index (κ3) is 3.59. The number of esters is 1. The van der Waals surface area contributed by atoms with Crippen LogP contribution in [0.2, 0.25) is 0 Å². The molecule has 0 aromatic heterocycles. The number of hydrogen-bond donors (Lipinski definition) is 1. The molecule has 4 aliphatic rings. The van der Waals surface area contributed by atoms with E-state index in [-0.39, 0.29) is 29.6 Å². The molecule has 0 aromatic carbocycles. The number of aliphatic hydroxyl groups excluding tert-OH is 1. The van der Waals surface area contributed by atoms with Crippen molar-refractivity contribution in [1.29, 1.82) is 0 Å². The molecule has 1 N–H and O–H groups in total. The SMILES string of the molecule is C[C@H](CO)N1C(=O)[C@@H]2[C@H]3C(=O)OCCCC/C=C\[C@H]3S[C@@]23C=CCN(C(C)(C)C)C(=O)C13. The summed E-state index contributed by atoms with van der Waals surface area (Å²) in [5.74, 6) is -2.09. The molecule has 0 bridgehead atoms. The number of carbonyl (C=O) groups excluding carboxylic acids is 3. The first-order valence-electron chi connectivity index (χ1n) is 11.6. The highest BCUT2D eigenvalue weighted by molar-refractivity contribution is 8.02. The minimum absolute atomic E-state index is 0.132. The second-order valence-corrected chi connectivity index (χ2v) is 11.7. The van der Waals surface area contributed by atoms with Crippen LogP contribution >= 0.6 is 11.8 Å². The molecule has 6 atom stereocenters. The smallest absolute Gasteiger partial charge is 0.311 e. The fourth-order valence-electron chi connectivity index (χ4n) is 5.52. The molecular weight excluding hydrogens is 428 g/mol. The van der Waals surface area contributed by atoms with Crippen molar-refractivity contribution in [3.63, 3.8) is 0 Å². The van der Waals surface area contributed by atoms with Crippen molar-refractivity contribution in [2.75, 3.05) is 19.8 Å². The maximum atomic E-state index is 14.0. The lowest BCUT2D eigenvalue weighted by molar-refractivity contribution is -0.153. The summed E-state index contributed by atoms with van der Waals surface area (Å²) < 4.78 is 4.72. The Hall–Kier alpha value is -1.80. The predicted octanol–water partition coefficient (Wildman–Crippen LogP) is 2.14. The van der Waals surface area contributed by atoms with E-state index in [1.54, 1.807) is 16.7 Å². The molecule has 32 heavy (non-hydrogen) atoms. The zero-order valence-electron chi connectivity index (χ0n) is 19.3. The third-order valence-corrected chi connectivity index (χ3v) is 8.83. The maximum absolute atomic E-state index is 14.0. The van der Waals surface area contributed by atoms with Crippen molar-refractivity contribution in [3.05, 3.63) is 24.3 Å². The number of likely N-dealkylation sites (tertiary alicyclic amines) is 1. The van der Waals surface area contributed by atoms with Crippen LogP contribution in [0.15, 0.2) is 24.3 Å². The number of amides is 2. The van der Waals surface area contributed by atoms with E-state index < -0.39 is 34.2 Å². The summed E-state index contributed by atoms with van der Waals surface area (Å²) in [5, 5.41) is 9.70. The topological polar surface area (TPSA) is 87.2 Å². The molecule has 7 nitrogen and oxygen atoms in total. The van der Waals surface area contributed by atoms with Gasteiger partial charge in [-0.05, 0) is 47.0 Å². The van der Waals surface area contributed by atoms with Crippen molar-refractivity contribution < 1.29 is 24.2 Å². The average molecular weight is 463 g/mol. The normalized spacial score (nSPS) is 37.3. The van der Waals surface area contributed by atoms with E-state index in [4.69, 9.17) is 4.74 Å². The highest BCUT2D eigenvalue weighted by atomic mass is 32.2. The van der Waals surface area contributed by atoms with Crippen molar-refractivity contribution in [1.82, 2.24) is 9.80 Å². The van der Waals surface area contributed by atoms with E-state index in [0.717, 1.165) is 19.3 Å². The molecule has 8 heteroatoms. The number of cyclic esters (lactones) is 1. The summed E-state index contributed by atoms with van der Waals surface area (Å²) in [6.07, 6.45) is 10.7. The van der Waals surface area contributed by atoms with Crippen LogP contribution in [0.4, 0.5) is 0 Å². The molecule has 2 fully saturated rings. The molecule has 176 valence electrons. The first-order chi connectivity index (χ1) is 15.1. The van der Waals surface area contributed by atoms with Crippen LogP contribution in [0, 0.1) is 11.8 Å². The largest absolute Gasteiger partial charge is 0.465 e. The summed E-state index contributed by atoms with van der Waals surface area (Å²) in [6, 6.07) is -1.30. The molecular formula is C24H34N2O5S. The number of aliphatic hydroxyl groups is 1. The molecule has 1 unspecified atom stereocenters. The van der Waals surface area contributed by atoms with Gasteiger partial charge < -0.3 is 19.6 Å². The van der Waals surface area contributed by atoms with Gasteiger partial charge in [0.1, 0.15) is 6.04 Å². The summed E-state index contributed by atoms with van der Waals surface area (Å²) in [6.45, 7) is 8.24. The predicted molar refractivity (Wildman–Crippen MR) is 123 cm³/mol. The zero-order valence-corrected chi connectivity index (χ0v) is 20.1. The lowest BCUT2D eigenvalue weighted by Gasteiger charge is -2.41. The molecule has 0 saturated carbocycles. The van der Waals surface area contributed by atoms with Gasteiger partial charge in [0, 0.05) is 17.3 Å². The van der Waals surface area contributed by atoms with Gasteiger partial charge in [0.2, 0.25) is 11.8 Å². The van der Waals surface area contributed by atoms with Gasteiger partial charge >= 0.3 is 5.97 Å². The van der Waals surface area contributed by atoms with Crippen LogP contribution in [0.5, 0.6) is 0 Å². The van der Waals surface area contributed by atoms with Gasteiger partial charge in [0.15, 0.2) is 0 Å². The van der Waals surface area contributed by atoms with Crippen LogP contribution in [0.3, 0.4) is 0 Å². The van der Waals surface area contributed by atoms with Crippen LogP contribution in [0.1, 0.15) is 47.0 Å². The van der Waals surface area contributed by atoms with Crippen LogP contribution in [0.25, 0.3) is 0 Å². The van der Waals surface area contributed by atoms with Crippen molar-refractivity contribution >= 4 is 29.5 Å². The molecule has 0 aliphatic carbocycles. The lowest BCUT2D eigenvalue weighted by Crippen LogP contribution is -2.59. The Morgan fingerprint density at radius 2 is 1.97 bits per heavy atom. The third-order valence-electron chi connectivity index (χ3n) is 7.09. The molecule has 0 aromatic rings. The first kappa shape index (κ1) is 23.4. The molecule has 1 spiro atoms. The highest BCUT2D eigenvalue weighted by Crippen LogP contribution is 2.61. The Bertz CT molecular complexity index is 850. The number of allylic oxidation sites excluding steroid dienone is 1. The van der Waals surface area contributed by atoms with Crippen molar-refractivity contribution in [2.45, 2.75) is 74.6 Å². The number of nitrogens with zero attached hydrogens (tertiary/aromatic N) is 2. The fourth-order valence-corrected chi connectivity index (χ4v) is 7.51. The van der Waals surface area contributed by atoms with E-state index in [1.807, 2.05) is 39.0 Å². The highest BCUT2D eigenvalue weighted by Gasteiger charge is 2.71. The van der Waals surface area contributed by atoms with Crippen LogP contribution in [-0.4, -0.2) is 80.1 Å². The van der Waals surface area contributed by atoms with E-state index in [0.29, 0.717) is 13.2 Å². The molecule has 4 aliphatic heterocycles. The summed E-state index contributed by atoms with van der Waals surface area (Å²) in [7, 11) is 0. The fraction of sp³-hybridized carbons (Fsp3) is 0.708. The van der Waals surface area contributed by atoms with Gasteiger partial charge in [-0.3, -0.25) is 14.4 Å². The summed E-state index contributed by atoms with van der Waals surface area (Å²) in [4.78, 5) is 44.4. The molecule has 0 radical (unpaired) electrons. The van der Waals surface area contributed by atoms with Gasteiger partial charge in [-0.25, -0.2) is 0 Å². The Kier molecular flexibility index (Phi) is 6.22. The van der Waals surface area contributed by atoms with E-state index in [9.17, 15) is 19.5 Å². The Morgan fingerprint density at radius 3 is 2.66 bits per heavy atom. The maximum Gasteiger partial charge on any atom is 0.311 e. The minimum Gasteiger partial charge on any atom is -0.465 e. The van der Waals surface area contributed by atoms with Gasteiger partial charge in [-0.15, -0.1) is 11.8 Å². The monoisotopic (exact) mass is 462 g/mol. The number of hydrogen-bond acceptors (Lipinski definition) is 6. The van der Waals surface area contributed by atoms with Gasteiger partial charge in [-0.2, -0.15) is 0 Å². The minimum atomic E-state index is -0.871. The molecule has 2 amide bonds. The first-order valence-corrected chi connectivity index (χ1v) is 12.4. The van der Waals surface area contributed by atoms with Crippen LogP contribution in [-0.2, 0) is 19.1 Å². The van der Waals surface area contributed by atoms with Gasteiger partial charge in [0.05, 0.1) is 35.8 Å². The van der Waals surface area contributed by atoms with Crippen molar-refractivity contribution in [2.24, 2.45) is 11.8 Å². The number of carbonyl (C=O) groups is 3. The number of rotatable bonds is 2. The van der Waals surface area contributed by atoms with Gasteiger partial charge in [0.25, 0.3) is 0 Å². The van der Waals surface area contributed by atoms with Crippen LogP contribution < -0.4 is 0 Å². The molecule has 4 rings (SSSR count). The lowest BCUT2D eigenvalue weighted by atomic mass is 9.78.